The standard InChI is InChI=1S/C30H25ClN2O2/c1-21(22-12-4-2-5-13-22)32-29(34)25-17-9-11-19-28(25)33-30(35)26(23-14-6-3-7-15-23)20-24-16-8-10-18-27(24)31/h2-21H,1H3,(H,32,34)(H,33,35)/b26-20+/t21-/m0/s1. The predicted molar refractivity (Wildman–Crippen MR) is 143 cm³/mol. The average molecular weight is 481 g/mol. The number of hydrogen-bond acceptors (Lipinski definition) is 2. The van der Waals surface area contributed by atoms with Gasteiger partial charge in [0, 0.05) is 10.6 Å². The van der Waals surface area contributed by atoms with Gasteiger partial charge in [-0.2, -0.15) is 0 Å². The lowest BCUT2D eigenvalue weighted by Crippen LogP contribution is -2.28. The van der Waals surface area contributed by atoms with Gasteiger partial charge in [0.15, 0.2) is 0 Å². The van der Waals surface area contributed by atoms with Crippen molar-refractivity contribution in [1.82, 2.24) is 5.32 Å². The van der Waals surface area contributed by atoms with Crippen LogP contribution in [0.2, 0.25) is 5.02 Å². The van der Waals surface area contributed by atoms with E-state index in [2.05, 4.69) is 10.6 Å². The second-order valence-corrected chi connectivity index (χ2v) is 8.46. The van der Waals surface area contributed by atoms with Crippen LogP contribution in [-0.2, 0) is 4.79 Å². The first-order valence-electron chi connectivity index (χ1n) is 11.3. The van der Waals surface area contributed by atoms with Gasteiger partial charge in [-0.15, -0.1) is 0 Å². The maximum atomic E-state index is 13.5. The Bertz CT molecular complexity index is 1350. The highest BCUT2D eigenvalue weighted by molar-refractivity contribution is 6.34. The number of carbonyl (C=O) groups is 2. The SMILES string of the molecule is C[C@H](NC(=O)c1ccccc1NC(=O)/C(=C/c1ccccc1Cl)c1ccccc1)c1ccccc1. The Balaban J connectivity index is 1.62. The Morgan fingerprint density at radius 2 is 1.37 bits per heavy atom. The summed E-state index contributed by atoms with van der Waals surface area (Å²) < 4.78 is 0. The van der Waals surface area contributed by atoms with E-state index in [9.17, 15) is 9.59 Å². The summed E-state index contributed by atoms with van der Waals surface area (Å²) in [5, 5.41) is 6.49. The van der Waals surface area contributed by atoms with E-state index < -0.39 is 0 Å². The van der Waals surface area contributed by atoms with Crippen molar-refractivity contribution in [1.29, 1.82) is 0 Å². The fourth-order valence-electron chi connectivity index (χ4n) is 3.72. The minimum atomic E-state index is -0.340. The molecule has 4 aromatic carbocycles. The van der Waals surface area contributed by atoms with Crippen molar-refractivity contribution in [3.8, 4) is 0 Å². The Hall–Kier alpha value is -4.15. The Morgan fingerprint density at radius 3 is 2.09 bits per heavy atom. The van der Waals surface area contributed by atoms with Crippen LogP contribution in [0, 0.1) is 0 Å². The molecule has 35 heavy (non-hydrogen) atoms. The number of anilines is 1. The molecule has 0 fully saturated rings. The summed E-state index contributed by atoms with van der Waals surface area (Å²) in [6.07, 6.45) is 1.76. The normalized spacial score (nSPS) is 12.0. The summed E-state index contributed by atoms with van der Waals surface area (Å²) in [7, 11) is 0. The van der Waals surface area contributed by atoms with Gasteiger partial charge < -0.3 is 10.6 Å². The van der Waals surface area contributed by atoms with Crippen LogP contribution < -0.4 is 10.6 Å². The third kappa shape index (κ3) is 6.05. The molecule has 0 bridgehead atoms. The molecule has 2 amide bonds. The largest absolute Gasteiger partial charge is 0.345 e. The first kappa shape index (κ1) is 24.0. The van der Waals surface area contributed by atoms with E-state index in [0.29, 0.717) is 21.8 Å². The molecule has 0 aliphatic rings. The number of hydrogen-bond donors (Lipinski definition) is 2. The Labute approximate surface area is 210 Å². The summed E-state index contributed by atoms with van der Waals surface area (Å²) in [6, 6.07) is 33.2. The molecule has 4 aromatic rings. The molecule has 5 heteroatoms. The molecule has 0 spiro atoms. The second kappa shape index (κ2) is 11.3. The number of halogens is 1. The van der Waals surface area contributed by atoms with E-state index in [1.54, 1.807) is 36.4 Å². The molecule has 0 radical (unpaired) electrons. The van der Waals surface area contributed by atoms with Gasteiger partial charge in [0.25, 0.3) is 11.8 Å². The monoisotopic (exact) mass is 480 g/mol. The summed E-state index contributed by atoms with van der Waals surface area (Å²) in [5.41, 5.74) is 3.71. The Kier molecular flexibility index (Phi) is 7.76. The molecule has 0 heterocycles. The highest BCUT2D eigenvalue weighted by Crippen LogP contribution is 2.26. The quantitative estimate of drug-likeness (QED) is 0.221. The van der Waals surface area contributed by atoms with Crippen molar-refractivity contribution in [2.45, 2.75) is 13.0 Å². The van der Waals surface area contributed by atoms with Gasteiger partial charge in [0.2, 0.25) is 0 Å². The van der Waals surface area contributed by atoms with Crippen LogP contribution in [0.4, 0.5) is 5.69 Å². The minimum Gasteiger partial charge on any atom is -0.345 e. The van der Waals surface area contributed by atoms with Crippen molar-refractivity contribution in [2.24, 2.45) is 0 Å². The van der Waals surface area contributed by atoms with Crippen LogP contribution in [0.1, 0.15) is 40.0 Å². The first-order valence-corrected chi connectivity index (χ1v) is 11.7. The van der Waals surface area contributed by atoms with Gasteiger partial charge in [0.05, 0.1) is 17.3 Å². The zero-order valence-corrected chi connectivity index (χ0v) is 20.0. The zero-order chi connectivity index (χ0) is 24.6. The van der Waals surface area contributed by atoms with E-state index >= 15 is 0 Å². The smallest absolute Gasteiger partial charge is 0.256 e. The van der Waals surface area contributed by atoms with Gasteiger partial charge in [0.1, 0.15) is 0 Å². The van der Waals surface area contributed by atoms with Gasteiger partial charge in [-0.1, -0.05) is 103 Å². The second-order valence-electron chi connectivity index (χ2n) is 8.05. The average Bonchev–Trinajstić information content (AvgIpc) is 2.89. The fourth-order valence-corrected chi connectivity index (χ4v) is 3.91. The van der Waals surface area contributed by atoms with Crippen LogP contribution in [0.5, 0.6) is 0 Å². The topological polar surface area (TPSA) is 58.2 Å². The molecule has 0 saturated carbocycles. The van der Waals surface area contributed by atoms with E-state index in [4.69, 9.17) is 11.6 Å². The maximum absolute atomic E-state index is 13.5. The lowest BCUT2D eigenvalue weighted by Gasteiger charge is -2.17. The molecule has 4 rings (SSSR count). The molecule has 174 valence electrons. The number of rotatable bonds is 7. The molecular weight excluding hydrogens is 456 g/mol. The molecule has 0 aromatic heterocycles. The summed E-state index contributed by atoms with van der Waals surface area (Å²) in [6.45, 7) is 1.92. The summed E-state index contributed by atoms with van der Waals surface area (Å²) >= 11 is 6.36. The number of carbonyl (C=O) groups excluding carboxylic acids is 2. The molecule has 0 aliphatic carbocycles. The molecular formula is C30H25ClN2O2. The Morgan fingerprint density at radius 1 is 0.771 bits per heavy atom. The number of nitrogens with one attached hydrogen (secondary N) is 2. The summed E-state index contributed by atoms with van der Waals surface area (Å²) in [4.78, 5) is 26.6. The van der Waals surface area contributed by atoms with Crippen LogP contribution >= 0.6 is 11.6 Å². The van der Waals surface area contributed by atoms with Gasteiger partial charge >= 0.3 is 0 Å². The van der Waals surface area contributed by atoms with Crippen molar-refractivity contribution in [3.63, 3.8) is 0 Å². The van der Waals surface area contributed by atoms with Crippen LogP contribution in [0.3, 0.4) is 0 Å². The van der Waals surface area contributed by atoms with E-state index in [0.717, 1.165) is 16.7 Å². The fraction of sp³-hybridized carbons (Fsp3) is 0.0667. The third-order valence-corrected chi connectivity index (χ3v) is 5.95. The molecule has 2 N–H and O–H groups in total. The van der Waals surface area contributed by atoms with Crippen LogP contribution in [0.15, 0.2) is 109 Å². The van der Waals surface area contributed by atoms with E-state index in [-0.39, 0.29) is 17.9 Å². The molecule has 0 aliphatic heterocycles. The van der Waals surface area contributed by atoms with Crippen molar-refractivity contribution in [3.05, 3.63) is 136 Å². The minimum absolute atomic E-state index is 0.188. The van der Waals surface area contributed by atoms with E-state index in [1.165, 1.54) is 0 Å². The summed E-state index contributed by atoms with van der Waals surface area (Å²) in [5.74, 6) is -0.610. The molecule has 4 nitrogen and oxygen atoms in total. The lowest BCUT2D eigenvalue weighted by atomic mass is 10.0. The highest BCUT2D eigenvalue weighted by atomic mass is 35.5. The molecule has 0 saturated heterocycles. The van der Waals surface area contributed by atoms with Gasteiger partial charge in [-0.3, -0.25) is 9.59 Å². The highest BCUT2D eigenvalue weighted by Gasteiger charge is 2.18. The van der Waals surface area contributed by atoms with Crippen molar-refractivity contribution >= 4 is 40.8 Å². The third-order valence-electron chi connectivity index (χ3n) is 5.60. The van der Waals surface area contributed by atoms with E-state index in [1.807, 2.05) is 85.8 Å². The van der Waals surface area contributed by atoms with Crippen LogP contribution in [-0.4, -0.2) is 11.8 Å². The number of benzene rings is 4. The predicted octanol–water partition coefficient (Wildman–Crippen LogP) is 7.01. The van der Waals surface area contributed by atoms with Crippen molar-refractivity contribution < 1.29 is 9.59 Å². The van der Waals surface area contributed by atoms with Crippen molar-refractivity contribution in [2.75, 3.05) is 5.32 Å². The maximum Gasteiger partial charge on any atom is 0.256 e. The van der Waals surface area contributed by atoms with Gasteiger partial charge in [-0.05, 0) is 47.9 Å². The van der Waals surface area contributed by atoms with Crippen LogP contribution in [0.25, 0.3) is 11.6 Å². The van der Waals surface area contributed by atoms with Gasteiger partial charge in [-0.25, -0.2) is 0 Å². The number of amides is 2. The number of para-hydroxylation sites is 1. The lowest BCUT2D eigenvalue weighted by molar-refractivity contribution is -0.111. The first-order chi connectivity index (χ1) is 17.0. The zero-order valence-electron chi connectivity index (χ0n) is 19.2. The molecule has 1 atom stereocenters. The molecule has 0 unspecified atom stereocenters.